The lowest BCUT2D eigenvalue weighted by Crippen LogP contribution is -2.03. The molecule has 0 bridgehead atoms. The van der Waals surface area contributed by atoms with E-state index in [9.17, 15) is 4.79 Å². The Bertz CT molecular complexity index is 329. The van der Waals surface area contributed by atoms with Crippen LogP contribution in [0.4, 0.5) is 11.4 Å². The van der Waals surface area contributed by atoms with Crippen molar-refractivity contribution in [1.82, 2.24) is 0 Å². The molecule has 0 radical (unpaired) electrons. The fourth-order valence-electron chi connectivity index (χ4n) is 1.26. The Morgan fingerprint density at radius 1 is 1.50 bits per heavy atom. The molecule has 0 unspecified atom stereocenters. The molecule has 1 aromatic rings. The lowest BCUT2D eigenvalue weighted by molar-refractivity contribution is -0.115. The summed E-state index contributed by atoms with van der Waals surface area (Å²) < 4.78 is 0. The molecule has 1 amide bonds. The molecule has 0 aliphatic carbocycles. The monoisotopic (exact) mass is 182 g/mol. The predicted molar refractivity (Wildman–Crippen MR) is 48.2 cm³/mol. The minimum absolute atomic E-state index is 0.00772. The second kappa shape index (κ2) is 2.38. The fourth-order valence-corrected chi connectivity index (χ4v) is 1.45. The van der Waals surface area contributed by atoms with E-state index >= 15 is 0 Å². The van der Waals surface area contributed by atoms with Gasteiger partial charge in [-0.05, 0) is 17.7 Å². The number of anilines is 2. The van der Waals surface area contributed by atoms with E-state index in [1.54, 1.807) is 12.1 Å². The third-order valence-corrected chi connectivity index (χ3v) is 2.17. The molecule has 3 N–H and O–H groups in total. The summed E-state index contributed by atoms with van der Waals surface area (Å²) in [6.45, 7) is 0. The Morgan fingerprint density at radius 3 is 3.00 bits per heavy atom. The Labute approximate surface area is 74.5 Å². The van der Waals surface area contributed by atoms with Gasteiger partial charge in [0.05, 0.1) is 17.1 Å². The van der Waals surface area contributed by atoms with Crippen LogP contribution in [-0.4, -0.2) is 5.91 Å². The molecule has 0 saturated carbocycles. The summed E-state index contributed by atoms with van der Waals surface area (Å²) in [7, 11) is 0. The van der Waals surface area contributed by atoms with Gasteiger partial charge >= 0.3 is 0 Å². The van der Waals surface area contributed by atoms with Gasteiger partial charge in [-0.1, -0.05) is 11.6 Å². The number of hydrogen-bond donors (Lipinski definition) is 2. The van der Waals surface area contributed by atoms with Crippen LogP contribution in [0.5, 0.6) is 0 Å². The van der Waals surface area contributed by atoms with Crippen molar-refractivity contribution in [2.75, 3.05) is 11.1 Å². The first-order chi connectivity index (χ1) is 5.66. The van der Waals surface area contributed by atoms with Gasteiger partial charge in [-0.15, -0.1) is 0 Å². The van der Waals surface area contributed by atoms with Gasteiger partial charge in [0.25, 0.3) is 0 Å². The maximum atomic E-state index is 10.9. The van der Waals surface area contributed by atoms with Crippen molar-refractivity contribution in [3.05, 3.63) is 22.7 Å². The number of nitrogen functional groups attached to an aromatic ring is 1. The molecular formula is C8H7ClN2O. The summed E-state index contributed by atoms with van der Waals surface area (Å²) >= 11 is 5.78. The van der Waals surface area contributed by atoms with Crippen LogP contribution >= 0.6 is 11.6 Å². The quantitative estimate of drug-likeness (QED) is 0.597. The average molecular weight is 183 g/mol. The van der Waals surface area contributed by atoms with Crippen LogP contribution in [0.3, 0.4) is 0 Å². The highest BCUT2D eigenvalue weighted by molar-refractivity contribution is 6.33. The van der Waals surface area contributed by atoms with Crippen molar-refractivity contribution in [2.24, 2.45) is 0 Å². The number of carbonyl (C=O) groups excluding carboxylic acids is 1. The number of halogens is 1. The van der Waals surface area contributed by atoms with Gasteiger partial charge in [0.2, 0.25) is 5.91 Å². The van der Waals surface area contributed by atoms with Crippen LogP contribution in [-0.2, 0) is 11.2 Å². The number of nitrogens with one attached hydrogen (secondary N) is 1. The van der Waals surface area contributed by atoms with Crippen molar-refractivity contribution in [3.63, 3.8) is 0 Å². The summed E-state index contributed by atoms with van der Waals surface area (Å²) in [5, 5.41) is 3.19. The number of amides is 1. The van der Waals surface area contributed by atoms with Gasteiger partial charge in [0.1, 0.15) is 0 Å². The number of nitrogens with two attached hydrogens (primary N) is 1. The first kappa shape index (κ1) is 7.43. The zero-order chi connectivity index (χ0) is 8.72. The van der Waals surface area contributed by atoms with E-state index in [0.29, 0.717) is 17.1 Å². The minimum atomic E-state index is -0.00772. The smallest absolute Gasteiger partial charge is 0.228 e. The molecule has 0 saturated heterocycles. The minimum Gasteiger partial charge on any atom is -0.397 e. The van der Waals surface area contributed by atoms with Gasteiger partial charge in [-0.2, -0.15) is 0 Å². The SMILES string of the molecule is Nc1cc2c(cc1Cl)CC(=O)N2. The molecule has 0 aromatic heterocycles. The average Bonchev–Trinajstić information content (AvgIpc) is 2.30. The molecule has 1 heterocycles. The van der Waals surface area contributed by atoms with Crippen LogP contribution in [0.25, 0.3) is 0 Å². The van der Waals surface area contributed by atoms with Crippen LogP contribution < -0.4 is 11.1 Å². The van der Waals surface area contributed by atoms with E-state index < -0.39 is 0 Å². The van der Waals surface area contributed by atoms with Crippen molar-refractivity contribution < 1.29 is 4.79 Å². The van der Waals surface area contributed by atoms with E-state index in [2.05, 4.69) is 5.32 Å². The number of fused-ring (bicyclic) bond motifs is 1. The van der Waals surface area contributed by atoms with Crippen LogP contribution in [0.1, 0.15) is 5.56 Å². The van der Waals surface area contributed by atoms with Crippen molar-refractivity contribution >= 4 is 28.9 Å². The van der Waals surface area contributed by atoms with Crippen LogP contribution in [0.2, 0.25) is 5.02 Å². The molecule has 0 atom stereocenters. The maximum Gasteiger partial charge on any atom is 0.228 e. The van der Waals surface area contributed by atoms with Gasteiger partial charge in [0.15, 0.2) is 0 Å². The van der Waals surface area contributed by atoms with Gasteiger partial charge in [0, 0.05) is 5.69 Å². The maximum absolute atomic E-state index is 10.9. The number of rotatable bonds is 0. The Balaban J connectivity index is 2.55. The second-order valence-corrected chi connectivity index (χ2v) is 3.16. The first-order valence-corrected chi connectivity index (χ1v) is 3.92. The van der Waals surface area contributed by atoms with Gasteiger partial charge in [-0.25, -0.2) is 0 Å². The lowest BCUT2D eigenvalue weighted by Gasteiger charge is -2.01. The summed E-state index contributed by atoms with van der Waals surface area (Å²) in [4.78, 5) is 10.9. The van der Waals surface area contributed by atoms with Crippen LogP contribution in [0, 0.1) is 0 Å². The fraction of sp³-hybridized carbons (Fsp3) is 0.125. The molecule has 4 heteroatoms. The third-order valence-electron chi connectivity index (χ3n) is 1.85. The highest BCUT2D eigenvalue weighted by atomic mass is 35.5. The molecule has 2 rings (SSSR count). The number of carbonyl (C=O) groups is 1. The summed E-state index contributed by atoms with van der Waals surface area (Å²) in [5.74, 6) is -0.00772. The zero-order valence-electron chi connectivity index (χ0n) is 6.23. The Kier molecular flexibility index (Phi) is 1.48. The van der Waals surface area contributed by atoms with E-state index in [1.807, 2.05) is 0 Å². The zero-order valence-corrected chi connectivity index (χ0v) is 6.98. The topological polar surface area (TPSA) is 55.1 Å². The summed E-state index contributed by atoms with van der Waals surface area (Å²) in [6.07, 6.45) is 0.398. The second-order valence-electron chi connectivity index (χ2n) is 2.76. The van der Waals surface area contributed by atoms with E-state index in [4.69, 9.17) is 17.3 Å². The predicted octanol–water partition coefficient (Wildman–Crippen LogP) is 1.42. The third kappa shape index (κ3) is 1.02. The van der Waals surface area contributed by atoms with E-state index in [1.165, 1.54) is 0 Å². The highest BCUT2D eigenvalue weighted by Gasteiger charge is 2.18. The van der Waals surface area contributed by atoms with Crippen molar-refractivity contribution in [1.29, 1.82) is 0 Å². The number of benzene rings is 1. The molecule has 1 aromatic carbocycles. The van der Waals surface area contributed by atoms with Gasteiger partial charge < -0.3 is 11.1 Å². The summed E-state index contributed by atoms with van der Waals surface area (Å²) in [5.41, 5.74) is 7.75. The molecule has 1 aliphatic heterocycles. The normalized spacial score (nSPS) is 14.2. The Morgan fingerprint density at radius 2 is 2.25 bits per heavy atom. The lowest BCUT2D eigenvalue weighted by atomic mass is 10.1. The molecule has 1 aliphatic rings. The highest BCUT2D eigenvalue weighted by Crippen LogP contribution is 2.30. The Hall–Kier alpha value is -1.22. The standard InChI is InChI=1S/C8H7ClN2O/c9-5-1-4-2-8(12)11-7(4)3-6(5)10/h1,3H,2,10H2,(H,11,12). The molecule has 3 nitrogen and oxygen atoms in total. The van der Waals surface area contributed by atoms with Crippen LogP contribution in [0.15, 0.2) is 12.1 Å². The van der Waals surface area contributed by atoms with Crippen molar-refractivity contribution in [2.45, 2.75) is 6.42 Å². The molecule has 0 fully saturated rings. The van der Waals surface area contributed by atoms with Crippen molar-refractivity contribution in [3.8, 4) is 0 Å². The molecule has 0 spiro atoms. The molecule has 62 valence electrons. The molecule has 12 heavy (non-hydrogen) atoms. The summed E-state index contributed by atoms with van der Waals surface area (Å²) in [6, 6.07) is 3.41. The number of hydrogen-bond acceptors (Lipinski definition) is 2. The van der Waals surface area contributed by atoms with E-state index in [0.717, 1.165) is 11.3 Å². The first-order valence-electron chi connectivity index (χ1n) is 3.54. The van der Waals surface area contributed by atoms with E-state index in [-0.39, 0.29) is 5.91 Å². The molecular weight excluding hydrogens is 176 g/mol. The van der Waals surface area contributed by atoms with Gasteiger partial charge in [-0.3, -0.25) is 4.79 Å². The largest absolute Gasteiger partial charge is 0.397 e.